The van der Waals surface area contributed by atoms with Crippen molar-refractivity contribution in [1.82, 2.24) is 19.7 Å². The first kappa shape index (κ1) is 14.0. The van der Waals surface area contributed by atoms with Crippen molar-refractivity contribution in [1.29, 1.82) is 5.26 Å². The highest BCUT2D eigenvalue weighted by molar-refractivity contribution is 6.33. The predicted molar refractivity (Wildman–Crippen MR) is 83.5 cm³/mol. The van der Waals surface area contributed by atoms with Crippen LogP contribution < -0.4 is 5.73 Å². The third kappa shape index (κ3) is 2.28. The molecule has 22 heavy (non-hydrogen) atoms. The van der Waals surface area contributed by atoms with Crippen molar-refractivity contribution >= 4 is 17.4 Å². The minimum atomic E-state index is 0.203. The molecule has 2 aromatic heterocycles. The van der Waals surface area contributed by atoms with Crippen molar-refractivity contribution < 1.29 is 0 Å². The average Bonchev–Trinajstić information content (AvgIpc) is 2.84. The number of aromatic nitrogens is 4. The Kier molecular flexibility index (Phi) is 3.49. The molecule has 0 aliphatic rings. The van der Waals surface area contributed by atoms with E-state index < -0.39 is 0 Å². The molecular weight excluding hydrogens is 300 g/mol. The Hall–Kier alpha value is -2.91. The molecule has 0 aliphatic heterocycles. The average molecular weight is 311 g/mol. The third-order valence-electron chi connectivity index (χ3n) is 3.18. The van der Waals surface area contributed by atoms with E-state index in [1.54, 1.807) is 6.20 Å². The zero-order chi connectivity index (χ0) is 15.7. The summed E-state index contributed by atoms with van der Waals surface area (Å²) in [6.07, 6.45) is 4.60. The topological polar surface area (TPSA) is 93.4 Å². The molecule has 0 atom stereocenters. The van der Waals surface area contributed by atoms with Crippen LogP contribution in [0.25, 0.3) is 17.1 Å². The number of nitriles is 1. The van der Waals surface area contributed by atoms with E-state index in [0.29, 0.717) is 22.1 Å². The standard InChI is InChI=1S/C15H11ClN6/c1-9-2-3-10(12(16)6-9)14-11(7-17)15(18)22(21-14)13-8-19-4-5-20-13/h2-6,8H,18H2,1H3. The van der Waals surface area contributed by atoms with Gasteiger partial charge >= 0.3 is 0 Å². The van der Waals surface area contributed by atoms with Crippen LogP contribution in [0.5, 0.6) is 0 Å². The van der Waals surface area contributed by atoms with Crippen LogP contribution in [0.15, 0.2) is 36.8 Å². The van der Waals surface area contributed by atoms with E-state index >= 15 is 0 Å². The zero-order valence-electron chi connectivity index (χ0n) is 11.7. The number of anilines is 1. The lowest BCUT2D eigenvalue weighted by molar-refractivity contribution is 0.851. The van der Waals surface area contributed by atoms with Crippen molar-refractivity contribution in [3.05, 3.63) is 52.9 Å². The van der Waals surface area contributed by atoms with Gasteiger partial charge < -0.3 is 5.73 Å². The Bertz CT molecular complexity index is 879. The van der Waals surface area contributed by atoms with Crippen molar-refractivity contribution in [2.24, 2.45) is 0 Å². The first-order valence-electron chi connectivity index (χ1n) is 6.43. The second-order valence-electron chi connectivity index (χ2n) is 4.68. The summed E-state index contributed by atoms with van der Waals surface area (Å²) in [5.74, 6) is 0.639. The summed E-state index contributed by atoms with van der Waals surface area (Å²) in [6.45, 7) is 1.94. The molecule has 3 rings (SSSR count). The molecule has 0 fully saturated rings. The van der Waals surface area contributed by atoms with Crippen molar-refractivity contribution in [3.8, 4) is 23.1 Å². The lowest BCUT2D eigenvalue weighted by Gasteiger charge is -2.02. The van der Waals surface area contributed by atoms with Gasteiger partial charge in [0.2, 0.25) is 0 Å². The van der Waals surface area contributed by atoms with Crippen LogP contribution in [0.3, 0.4) is 0 Å². The SMILES string of the molecule is Cc1ccc(-c2nn(-c3cnccn3)c(N)c2C#N)c(Cl)c1. The highest BCUT2D eigenvalue weighted by Crippen LogP contribution is 2.33. The summed E-state index contributed by atoms with van der Waals surface area (Å²) in [4.78, 5) is 8.13. The Balaban J connectivity index is 2.24. The molecule has 0 saturated heterocycles. The Labute approximate surface area is 131 Å². The lowest BCUT2D eigenvalue weighted by Crippen LogP contribution is -2.04. The van der Waals surface area contributed by atoms with E-state index in [1.165, 1.54) is 17.1 Å². The van der Waals surface area contributed by atoms with E-state index in [-0.39, 0.29) is 11.4 Å². The Morgan fingerprint density at radius 2 is 2.14 bits per heavy atom. The lowest BCUT2D eigenvalue weighted by atomic mass is 10.1. The van der Waals surface area contributed by atoms with Gasteiger partial charge in [-0.25, -0.2) is 4.98 Å². The first-order valence-corrected chi connectivity index (χ1v) is 6.81. The summed E-state index contributed by atoms with van der Waals surface area (Å²) >= 11 is 6.27. The van der Waals surface area contributed by atoms with Crippen LogP contribution in [0.4, 0.5) is 5.82 Å². The molecule has 0 amide bonds. The van der Waals surface area contributed by atoms with Crippen LogP contribution in [-0.4, -0.2) is 19.7 Å². The van der Waals surface area contributed by atoms with Gasteiger partial charge in [-0.1, -0.05) is 23.7 Å². The largest absolute Gasteiger partial charge is 0.382 e. The van der Waals surface area contributed by atoms with Crippen LogP contribution in [-0.2, 0) is 0 Å². The molecule has 2 heterocycles. The van der Waals surface area contributed by atoms with E-state index in [2.05, 4.69) is 21.1 Å². The van der Waals surface area contributed by atoms with Gasteiger partial charge in [0, 0.05) is 18.0 Å². The summed E-state index contributed by atoms with van der Waals surface area (Å²) < 4.78 is 1.39. The fraction of sp³-hybridized carbons (Fsp3) is 0.0667. The highest BCUT2D eigenvalue weighted by atomic mass is 35.5. The molecule has 2 N–H and O–H groups in total. The van der Waals surface area contributed by atoms with E-state index in [4.69, 9.17) is 17.3 Å². The van der Waals surface area contributed by atoms with Gasteiger partial charge in [-0.2, -0.15) is 15.0 Å². The number of nitrogens with zero attached hydrogens (tertiary/aromatic N) is 5. The molecule has 0 bridgehead atoms. The second-order valence-corrected chi connectivity index (χ2v) is 5.09. The maximum absolute atomic E-state index is 9.40. The van der Waals surface area contributed by atoms with Gasteiger partial charge in [-0.15, -0.1) is 0 Å². The van der Waals surface area contributed by atoms with Gasteiger partial charge in [0.15, 0.2) is 5.82 Å². The molecule has 1 aromatic carbocycles. The number of hydrogen-bond donors (Lipinski definition) is 1. The number of nitrogen functional groups attached to an aromatic ring is 1. The molecule has 0 unspecified atom stereocenters. The van der Waals surface area contributed by atoms with Gasteiger partial charge in [0.05, 0.1) is 11.2 Å². The third-order valence-corrected chi connectivity index (χ3v) is 3.49. The highest BCUT2D eigenvalue weighted by Gasteiger charge is 2.20. The number of rotatable bonds is 2. The number of halogens is 1. The first-order chi connectivity index (χ1) is 10.6. The molecule has 7 heteroatoms. The quantitative estimate of drug-likeness (QED) is 0.785. The smallest absolute Gasteiger partial charge is 0.174 e. The molecule has 3 aromatic rings. The van der Waals surface area contributed by atoms with Crippen molar-refractivity contribution in [3.63, 3.8) is 0 Å². The molecule has 6 nitrogen and oxygen atoms in total. The fourth-order valence-electron chi connectivity index (χ4n) is 2.12. The second kappa shape index (κ2) is 5.47. The molecule has 108 valence electrons. The number of aryl methyl sites for hydroxylation is 1. The van der Waals surface area contributed by atoms with E-state index in [1.807, 2.05) is 25.1 Å². The summed E-state index contributed by atoms with van der Waals surface area (Å²) in [7, 11) is 0. The Morgan fingerprint density at radius 3 is 2.77 bits per heavy atom. The van der Waals surface area contributed by atoms with Crippen LogP contribution in [0.2, 0.25) is 5.02 Å². The number of hydrogen-bond acceptors (Lipinski definition) is 5. The molecule has 0 spiro atoms. The number of nitrogens with two attached hydrogens (primary N) is 1. The monoisotopic (exact) mass is 310 g/mol. The van der Waals surface area contributed by atoms with Crippen LogP contribution >= 0.6 is 11.6 Å². The molecular formula is C15H11ClN6. The van der Waals surface area contributed by atoms with Gasteiger partial charge in [-0.3, -0.25) is 4.98 Å². The number of benzene rings is 1. The minimum Gasteiger partial charge on any atom is -0.382 e. The maximum atomic E-state index is 9.40. The van der Waals surface area contributed by atoms with Gasteiger partial charge in [0.1, 0.15) is 23.1 Å². The van der Waals surface area contributed by atoms with Gasteiger partial charge in [0.25, 0.3) is 0 Å². The summed E-state index contributed by atoms with van der Waals surface area (Å²) in [5, 5.41) is 14.3. The molecule has 0 saturated carbocycles. The molecule has 0 radical (unpaired) electrons. The summed E-state index contributed by atoms with van der Waals surface area (Å²) in [6, 6.07) is 7.62. The van der Waals surface area contributed by atoms with Crippen LogP contribution in [0.1, 0.15) is 11.1 Å². The Morgan fingerprint density at radius 1 is 1.32 bits per heavy atom. The molecule has 0 aliphatic carbocycles. The van der Waals surface area contributed by atoms with Crippen LogP contribution in [0, 0.1) is 18.3 Å². The van der Waals surface area contributed by atoms with Crippen molar-refractivity contribution in [2.45, 2.75) is 6.92 Å². The fourth-order valence-corrected chi connectivity index (χ4v) is 2.44. The van der Waals surface area contributed by atoms with Gasteiger partial charge in [-0.05, 0) is 18.6 Å². The predicted octanol–water partition coefficient (Wildman–Crippen LogP) is 2.75. The maximum Gasteiger partial charge on any atom is 0.174 e. The zero-order valence-corrected chi connectivity index (χ0v) is 12.4. The van der Waals surface area contributed by atoms with Crippen molar-refractivity contribution in [2.75, 3.05) is 5.73 Å². The normalized spacial score (nSPS) is 10.4. The summed E-state index contributed by atoms with van der Waals surface area (Å²) in [5.41, 5.74) is 8.39. The van der Waals surface area contributed by atoms with E-state index in [0.717, 1.165) is 5.56 Å². The van der Waals surface area contributed by atoms with E-state index in [9.17, 15) is 5.26 Å². The minimum absolute atomic E-state index is 0.203.